The summed E-state index contributed by atoms with van der Waals surface area (Å²) >= 11 is 1.31. The molecule has 20 heavy (non-hydrogen) atoms. The van der Waals surface area contributed by atoms with Gasteiger partial charge in [-0.05, 0) is 0 Å². The molecule has 2 N–H and O–H groups in total. The van der Waals surface area contributed by atoms with E-state index in [-0.39, 0.29) is 6.03 Å². The van der Waals surface area contributed by atoms with Crippen LogP contribution in [0.2, 0.25) is 0 Å². The van der Waals surface area contributed by atoms with Gasteiger partial charge in [-0.25, -0.2) is 4.79 Å². The van der Waals surface area contributed by atoms with Crippen molar-refractivity contribution in [1.82, 2.24) is 19.6 Å². The van der Waals surface area contributed by atoms with E-state index >= 15 is 0 Å². The largest absolute Gasteiger partial charge is 0.359 e. The SMILES string of the molecule is CN(C)C(=O)NCCNc1nc(-c2ccccc2)ns1. The Bertz CT molecular complexity index is 555. The maximum absolute atomic E-state index is 11.3. The van der Waals surface area contributed by atoms with Crippen LogP contribution < -0.4 is 10.6 Å². The molecule has 1 heterocycles. The number of rotatable bonds is 5. The fraction of sp³-hybridized carbons (Fsp3) is 0.308. The molecule has 0 radical (unpaired) electrons. The zero-order valence-electron chi connectivity index (χ0n) is 11.5. The molecule has 0 spiro atoms. The molecule has 0 fully saturated rings. The van der Waals surface area contributed by atoms with E-state index in [1.165, 1.54) is 16.4 Å². The van der Waals surface area contributed by atoms with E-state index in [1.807, 2.05) is 30.3 Å². The number of urea groups is 1. The molecule has 0 saturated heterocycles. The van der Waals surface area contributed by atoms with Crippen molar-refractivity contribution in [3.8, 4) is 11.4 Å². The second-order valence-corrected chi connectivity index (χ2v) is 5.09. The number of benzene rings is 1. The van der Waals surface area contributed by atoms with E-state index in [0.717, 1.165) is 16.5 Å². The first kappa shape index (κ1) is 14.3. The number of carbonyl (C=O) groups is 1. The van der Waals surface area contributed by atoms with Crippen molar-refractivity contribution < 1.29 is 4.79 Å². The standard InChI is InChI=1S/C13H17N5OS/c1-18(2)13(19)15-9-8-14-12-16-11(17-20-12)10-6-4-3-5-7-10/h3-7H,8-9H2,1-2H3,(H,15,19)(H,14,16,17). The quantitative estimate of drug-likeness (QED) is 0.825. The molecule has 2 aromatic rings. The van der Waals surface area contributed by atoms with Crippen LogP contribution in [-0.2, 0) is 0 Å². The lowest BCUT2D eigenvalue weighted by molar-refractivity contribution is 0.218. The Morgan fingerprint density at radius 2 is 2.00 bits per heavy atom. The number of hydrogen-bond donors (Lipinski definition) is 2. The minimum atomic E-state index is -0.103. The molecule has 0 aliphatic rings. The van der Waals surface area contributed by atoms with Crippen LogP contribution in [-0.4, -0.2) is 47.5 Å². The van der Waals surface area contributed by atoms with Crippen molar-refractivity contribution in [2.75, 3.05) is 32.5 Å². The average Bonchev–Trinajstić information content (AvgIpc) is 2.93. The summed E-state index contributed by atoms with van der Waals surface area (Å²) in [6.45, 7) is 1.15. The summed E-state index contributed by atoms with van der Waals surface area (Å²) in [5.41, 5.74) is 0.998. The van der Waals surface area contributed by atoms with Gasteiger partial charge < -0.3 is 15.5 Å². The van der Waals surface area contributed by atoms with Gasteiger partial charge in [0.05, 0.1) is 0 Å². The third-order valence-electron chi connectivity index (χ3n) is 2.54. The lowest BCUT2D eigenvalue weighted by atomic mass is 10.2. The maximum Gasteiger partial charge on any atom is 0.316 e. The summed E-state index contributed by atoms with van der Waals surface area (Å²) in [5.74, 6) is 0.718. The lowest BCUT2D eigenvalue weighted by Crippen LogP contribution is -2.37. The first-order chi connectivity index (χ1) is 9.66. The Labute approximate surface area is 122 Å². The minimum Gasteiger partial charge on any atom is -0.359 e. The lowest BCUT2D eigenvalue weighted by Gasteiger charge is -2.11. The van der Waals surface area contributed by atoms with Crippen molar-refractivity contribution in [1.29, 1.82) is 0 Å². The Balaban J connectivity index is 1.81. The van der Waals surface area contributed by atoms with E-state index in [2.05, 4.69) is 20.0 Å². The summed E-state index contributed by atoms with van der Waals surface area (Å²) in [5, 5.41) is 6.67. The summed E-state index contributed by atoms with van der Waals surface area (Å²) in [6.07, 6.45) is 0. The molecule has 0 aliphatic carbocycles. The Kier molecular flexibility index (Phi) is 4.89. The molecule has 1 aromatic heterocycles. The van der Waals surface area contributed by atoms with Gasteiger partial charge in [-0.2, -0.15) is 9.36 Å². The summed E-state index contributed by atoms with van der Waals surface area (Å²) in [4.78, 5) is 17.2. The van der Waals surface area contributed by atoms with Gasteiger partial charge in [0.1, 0.15) is 0 Å². The highest BCUT2D eigenvalue weighted by molar-refractivity contribution is 7.09. The third kappa shape index (κ3) is 3.92. The first-order valence-electron chi connectivity index (χ1n) is 6.25. The fourth-order valence-electron chi connectivity index (χ4n) is 1.50. The number of amides is 2. The summed E-state index contributed by atoms with van der Waals surface area (Å²) in [7, 11) is 3.42. The number of anilines is 1. The van der Waals surface area contributed by atoms with Crippen LogP contribution in [0, 0.1) is 0 Å². The molecule has 7 heteroatoms. The smallest absolute Gasteiger partial charge is 0.316 e. The van der Waals surface area contributed by atoms with Crippen molar-refractivity contribution >= 4 is 22.7 Å². The van der Waals surface area contributed by atoms with Gasteiger partial charge in [0, 0.05) is 44.3 Å². The normalized spacial score (nSPS) is 10.1. The predicted octanol–water partition coefficient (Wildman–Crippen LogP) is 1.89. The van der Waals surface area contributed by atoms with E-state index in [0.29, 0.717) is 13.1 Å². The molecular formula is C13H17N5OS. The van der Waals surface area contributed by atoms with Crippen LogP contribution in [0.25, 0.3) is 11.4 Å². The number of hydrogen-bond acceptors (Lipinski definition) is 5. The van der Waals surface area contributed by atoms with Gasteiger partial charge in [-0.1, -0.05) is 30.3 Å². The number of nitrogens with zero attached hydrogens (tertiary/aromatic N) is 3. The third-order valence-corrected chi connectivity index (χ3v) is 3.21. The van der Waals surface area contributed by atoms with Gasteiger partial charge in [0.25, 0.3) is 0 Å². The second kappa shape index (κ2) is 6.85. The molecule has 1 aromatic carbocycles. The molecule has 0 saturated carbocycles. The van der Waals surface area contributed by atoms with Crippen LogP contribution in [0.3, 0.4) is 0 Å². The number of nitrogens with one attached hydrogen (secondary N) is 2. The van der Waals surface area contributed by atoms with Crippen LogP contribution in [0.1, 0.15) is 0 Å². The predicted molar refractivity (Wildman–Crippen MR) is 80.9 cm³/mol. The molecule has 2 amide bonds. The van der Waals surface area contributed by atoms with Crippen LogP contribution in [0.15, 0.2) is 30.3 Å². The van der Waals surface area contributed by atoms with Gasteiger partial charge in [0.15, 0.2) is 5.82 Å². The molecule has 106 valence electrons. The minimum absolute atomic E-state index is 0.103. The highest BCUT2D eigenvalue weighted by atomic mass is 32.1. The van der Waals surface area contributed by atoms with Gasteiger partial charge in [-0.3, -0.25) is 0 Å². The Hall–Kier alpha value is -2.15. The zero-order valence-corrected chi connectivity index (χ0v) is 12.3. The zero-order chi connectivity index (χ0) is 14.4. The van der Waals surface area contributed by atoms with Crippen LogP contribution in [0.4, 0.5) is 9.93 Å². The monoisotopic (exact) mass is 291 g/mol. The maximum atomic E-state index is 11.3. The number of aromatic nitrogens is 2. The molecular weight excluding hydrogens is 274 g/mol. The molecule has 0 bridgehead atoms. The van der Waals surface area contributed by atoms with E-state index in [1.54, 1.807) is 14.1 Å². The Morgan fingerprint density at radius 3 is 2.70 bits per heavy atom. The van der Waals surface area contributed by atoms with E-state index in [4.69, 9.17) is 0 Å². The summed E-state index contributed by atoms with van der Waals surface area (Å²) < 4.78 is 4.30. The summed E-state index contributed by atoms with van der Waals surface area (Å²) in [6, 6.07) is 9.73. The van der Waals surface area contributed by atoms with Crippen molar-refractivity contribution in [3.63, 3.8) is 0 Å². The van der Waals surface area contributed by atoms with Crippen molar-refractivity contribution in [2.24, 2.45) is 0 Å². The molecule has 0 atom stereocenters. The Morgan fingerprint density at radius 1 is 1.25 bits per heavy atom. The van der Waals surface area contributed by atoms with Crippen LogP contribution in [0.5, 0.6) is 0 Å². The topological polar surface area (TPSA) is 70.2 Å². The van der Waals surface area contributed by atoms with Gasteiger partial charge in [0.2, 0.25) is 5.13 Å². The molecule has 0 aliphatic heterocycles. The highest BCUT2D eigenvalue weighted by Crippen LogP contribution is 2.20. The molecule has 2 rings (SSSR count). The molecule has 0 unspecified atom stereocenters. The first-order valence-corrected chi connectivity index (χ1v) is 7.02. The number of carbonyl (C=O) groups excluding carboxylic acids is 1. The van der Waals surface area contributed by atoms with Gasteiger partial charge >= 0.3 is 6.03 Å². The van der Waals surface area contributed by atoms with Crippen molar-refractivity contribution in [2.45, 2.75) is 0 Å². The van der Waals surface area contributed by atoms with Crippen LogP contribution >= 0.6 is 11.5 Å². The fourth-order valence-corrected chi connectivity index (χ4v) is 2.11. The highest BCUT2D eigenvalue weighted by Gasteiger charge is 2.06. The van der Waals surface area contributed by atoms with Gasteiger partial charge in [-0.15, -0.1) is 0 Å². The molecule has 6 nitrogen and oxygen atoms in total. The van der Waals surface area contributed by atoms with E-state index in [9.17, 15) is 4.79 Å². The van der Waals surface area contributed by atoms with Crippen molar-refractivity contribution in [3.05, 3.63) is 30.3 Å². The average molecular weight is 291 g/mol. The second-order valence-electron chi connectivity index (χ2n) is 4.34. The van der Waals surface area contributed by atoms with E-state index < -0.39 is 0 Å².